The topological polar surface area (TPSA) is 57.6 Å². The first-order valence-electron chi connectivity index (χ1n) is 6.80. The van der Waals surface area contributed by atoms with Gasteiger partial charge < -0.3 is 10.0 Å². The van der Waals surface area contributed by atoms with E-state index in [-0.39, 0.29) is 23.6 Å². The van der Waals surface area contributed by atoms with Crippen molar-refractivity contribution in [2.75, 3.05) is 5.75 Å². The summed E-state index contributed by atoms with van der Waals surface area (Å²) in [7, 11) is 0. The number of thioether (sulfide) groups is 1. The fourth-order valence-electron chi connectivity index (χ4n) is 2.46. The van der Waals surface area contributed by atoms with Crippen molar-refractivity contribution in [1.82, 2.24) is 4.90 Å². The van der Waals surface area contributed by atoms with Gasteiger partial charge in [0.15, 0.2) is 0 Å². The van der Waals surface area contributed by atoms with Gasteiger partial charge in [-0.15, -0.1) is 11.8 Å². The number of carboxylic acid groups (broad SMARTS) is 1. The third-order valence-electron chi connectivity index (χ3n) is 3.42. The van der Waals surface area contributed by atoms with Crippen LogP contribution >= 0.6 is 23.4 Å². The summed E-state index contributed by atoms with van der Waals surface area (Å²) in [5.41, 5.74) is 0.802. The van der Waals surface area contributed by atoms with Crippen LogP contribution in [-0.2, 0) is 16.0 Å². The standard InChI is InChI=1S/C15H18ClNO3S/c1-9(2)14-17(12(8-21-14)15(19)20)13(18)7-10-4-3-5-11(16)6-10/h3-6,9,12,14H,7-8H2,1-2H3,(H,19,20). The molecule has 1 aliphatic rings. The largest absolute Gasteiger partial charge is 0.480 e. The first kappa shape index (κ1) is 16.2. The van der Waals surface area contributed by atoms with Crippen molar-refractivity contribution in [3.05, 3.63) is 34.9 Å². The molecule has 2 atom stereocenters. The summed E-state index contributed by atoms with van der Waals surface area (Å²) in [6.45, 7) is 4.00. The van der Waals surface area contributed by atoms with Crippen molar-refractivity contribution in [3.8, 4) is 0 Å². The zero-order valence-corrected chi connectivity index (χ0v) is 13.5. The van der Waals surface area contributed by atoms with Crippen LogP contribution in [0.4, 0.5) is 0 Å². The van der Waals surface area contributed by atoms with E-state index in [2.05, 4.69) is 0 Å². The molecule has 2 unspecified atom stereocenters. The molecular weight excluding hydrogens is 310 g/mol. The fraction of sp³-hybridized carbons (Fsp3) is 0.467. The molecule has 1 aromatic rings. The number of halogens is 1. The Bertz CT molecular complexity index is 549. The van der Waals surface area contributed by atoms with E-state index in [9.17, 15) is 14.7 Å². The molecule has 2 rings (SSSR count). The Morgan fingerprint density at radius 1 is 1.48 bits per heavy atom. The molecule has 0 aliphatic carbocycles. The number of carbonyl (C=O) groups is 2. The van der Waals surface area contributed by atoms with Gasteiger partial charge in [-0.05, 0) is 23.6 Å². The predicted octanol–water partition coefficient (Wildman–Crippen LogP) is 2.89. The fourth-order valence-corrected chi connectivity index (χ4v) is 4.17. The summed E-state index contributed by atoms with van der Waals surface area (Å²) in [4.78, 5) is 25.5. The number of nitrogens with zero attached hydrogens (tertiary/aromatic N) is 1. The van der Waals surface area contributed by atoms with Crippen LogP contribution < -0.4 is 0 Å². The summed E-state index contributed by atoms with van der Waals surface area (Å²) in [5, 5.41) is 9.80. The SMILES string of the molecule is CC(C)C1SCC(C(=O)O)N1C(=O)Cc1cccc(Cl)c1. The number of carbonyl (C=O) groups excluding carboxylic acids is 1. The average molecular weight is 328 g/mol. The smallest absolute Gasteiger partial charge is 0.327 e. The minimum absolute atomic E-state index is 0.0854. The van der Waals surface area contributed by atoms with Gasteiger partial charge in [0.25, 0.3) is 0 Å². The second-order valence-electron chi connectivity index (χ2n) is 5.43. The van der Waals surface area contributed by atoms with Crippen LogP contribution in [0.2, 0.25) is 5.02 Å². The molecule has 1 saturated heterocycles. The number of hydrogen-bond donors (Lipinski definition) is 1. The molecule has 1 aliphatic heterocycles. The van der Waals surface area contributed by atoms with E-state index in [1.807, 2.05) is 19.9 Å². The number of aliphatic carboxylic acids is 1. The van der Waals surface area contributed by atoms with Crippen LogP contribution in [-0.4, -0.2) is 39.1 Å². The predicted molar refractivity (Wildman–Crippen MR) is 84.5 cm³/mol. The summed E-state index contributed by atoms with van der Waals surface area (Å²) < 4.78 is 0. The van der Waals surface area contributed by atoms with Crippen molar-refractivity contribution in [3.63, 3.8) is 0 Å². The lowest BCUT2D eigenvalue weighted by molar-refractivity contribution is -0.149. The highest BCUT2D eigenvalue weighted by atomic mass is 35.5. The summed E-state index contributed by atoms with van der Waals surface area (Å²) >= 11 is 7.46. The molecule has 0 aromatic heterocycles. The van der Waals surface area contributed by atoms with Gasteiger partial charge in [0, 0.05) is 10.8 Å². The molecule has 21 heavy (non-hydrogen) atoms. The minimum atomic E-state index is -0.940. The molecule has 0 bridgehead atoms. The van der Waals surface area contributed by atoms with Gasteiger partial charge in [-0.3, -0.25) is 4.79 Å². The van der Waals surface area contributed by atoms with E-state index < -0.39 is 12.0 Å². The Labute approximate surface area is 133 Å². The molecule has 0 radical (unpaired) electrons. The maximum atomic E-state index is 12.6. The number of amides is 1. The van der Waals surface area contributed by atoms with Crippen molar-refractivity contribution in [1.29, 1.82) is 0 Å². The maximum Gasteiger partial charge on any atom is 0.327 e. The number of rotatable bonds is 4. The van der Waals surface area contributed by atoms with Crippen molar-refractivity contribution >= 4 is 35.2 Å². The van der Waals surface area contributed by atoms with Crippen LogP contribution in [0.25, 0.3) is 0 Å². The van der Waals surface area contributed by atoms with E-state index in [1.54, 1.807) is 18.2 Å². The quantitative estimate of drug-likeness (QED) is 0.923. The van der Waals surface area contributed by atoms with E-state index in [0.717, 1.165) is 5.56 Å². The van der Waals surface area contributed by atoms with E-state index >= 15 is 0 Å². The Balaban J connectivity index is 2.19. The van der Waals surface area contributed by atoms with E-state index in [0.29, 0.717) is 10.8 Å². The summed E-state index contributed by atoms with van der Waals surface area (Å²) in [5.74, 6) is -0.444. The zero-order chi connectivity index (χ0) is 15.6. The highest BCUT2D eigenvalue weighted by Gasteiger charge is 2.42. The van der Waals surface area contributed by atoms with Gasteiger partial charge in [-0.2, -0.15) is 0 Å². The number of hydrogen-bond acceptors (Lipinski definition) is 3. The first-order valence-corrected chi connectivity index (χ1v) is 8.23. The first-order chi connectivity index (χ1) is 9.90. The third-order valence-corrected chi connectivity index (χ3v) is 5.28. The second kappa shape index (κ2) is 6.71. The van der Waals surface area contributed by atoms with Gasteiger partial charge >= 0.3 is 5.97 Å². The van der Waals surface area contributed by atoms with Crippen molar-refractivity contribution in [2.45, 2.75) is 31.7 Å². The minimum Gasteiger partial charge on any atom is -0.480 e. The monoisotopic (exact) mass is 327 g/mol. The molecule has 1 aromatic carbocycles. The van der Waals surface area contributed by atoms with Crippen LogP contribution in [0.1, 0.15) is 19.4 Å². The normalized spacial score (nSPS) is 21.8. The zero-order valence-electron chi connectivity index (χ0n) is 12.0. The Morgan fingerprint density at radius 2 is 2.19 bits per heavy atom. The van der Waals surface area contributed by atoms with Gasteiger partial charge in [-0.1, -0.05) is 37.6 Å². The molecule has 1 N–H and O–H groups in total. The molecule has 6 heteroatoms. The number of benzene rings is 1. The molecular formula is C15H18ClNO3S. The maximum absolute atomic E-state index is 12.6. The van der Waals surface area contributed by atoms with Crippen molar-refractivity contribution in [2.24, 2.45) is 5.92 Å². The molecule has 1 fully saturated rings. The second-order valence-corrected chi connectivity index (χ2v) is 7.02. The summed E-state index contributed by atoms with van der Waals surface area (Å²) in [6, 6.07) is 6.36. The highest BCUT2D eigenvalue weighted by Crippen LogP contribution is 2.34. The lowest BCUT2D eigenvalue weighted by atomic mass is 10.1. The van der Waals surface area contributed by atoms with Crippen molar-refractivity contribution < 1.29 is 14.7 Å². The Morgan fingerprint density at radius 3 is 2.76 bits per heavy atom. The van der Waals surface area contributed by atoms with Crippen LogP contribution in [0, 0.1) is 5.92 Å². The van der Waals surface area contributed by atoms with Gasteiger partial charge in [-0.25, -0.2) is 4.79 Å². The Hall–Kier alpha value is -1.20. The van der Waals surface area contributed by atoms with Gasteiger partial charge in [0.2, 0.25) is 5.91 Å². The average Bonchev–Trinajstić information content (AvgIpc) is 2.83. The third kappa shape index (κ3) is 3.71. The number of carboxylic acids is 1. The lowest BCUT2D eigenvalue weighted by Gasteiger charge is -2.29. The molecule has 1 heterocycles. The van der Waals surface area contributed by atoms with Crippen LogP contribution in [0.3, 0.4) is 0 Å². The molecule has 114 valence electrons. The lowest BCUT2D eigenvalue weighted by Crippen LogP contribution is -2.47. The van der Waals surface area contributed by atoms with E-state index in [1.165, 1.54) is 16.7 Å². The van der Waals surface area contributed by atoms with Crippen LogP contribution in [0.15, 0.2) is 24.3 Å². The summed E-state index contributed by atoms with van der Waals surface area (Å²) in [6.07, 6.45) is 0.175. The molecule has 0 saturated carbocycles. The Kier molecular flexibility index (Phi) is 5.17. The van der Waals surface area contributed by atoms with E-state index in [4.69, 9.17) is 11.6 Å². The van der Waals surface area contributed by atoms with Crippen LogP contribution in [0.5, 0.6) is 0 Å². The molecule has 4 nitrogen and oxygen atoms in total. The highest BCUT2D eigenvalue weighted by molar-refractivity contribution is 8.00. The molecule has 1 amide bonds. The molecule has 0 spiro atoms. The van der Waals surface area contributed by atoms with Gasteiger partial charge in [0.1, 0.15) is 6.04 Å². The van der Waals surface area contributed by atoms with Gasteiger partial charge in [0.05, 0.1) is 11.8 Å².